The molecule has 0 aromatic rings. The first-order chi connectivity index (χ1) is 8.04. The lowest BCUT2D eigenvalue weighted by Gasteiger charge is -2.17. The summed E-state index contributed by atoms with van der Waals surface area (Å²) in [7, 11) is 1.32. The van der Waals surface area contributed by atoms with Gasteiger partial charge in [-0.1, -0.05) is 13.0 Å². The number of carbonyl (C=O) groups is 2. The monoisotopic (exact) mass is 240 g/mol. The van der Waals surface area contributed by atoms with E-state index >= 15 is 0 Å². The molecule has 0 radical (unpaired) electrons. The van der Waals surface area contributed by atoms with Crippen LogP contribution in [-0.4, -0.2) is 18.9 Å². The highest BCUT2D eigenvalue weighted by Crippen LogP contribution is 2.27. The Balaban J connectivity index is 2.45. The topological polar surface area (TPSA) is 43.4 Å². The zero-order chi connectivity index (χ0) is 12.8. The van der Waals surface area contributed by atoms with Gasteiger partial charge in [0.1, 0.15) is 5.83 Å². The molecular formula is C13H17FO3. The number of esters is 1. The largest absolute Gasteiger partial charge is 0.469 e. The van der Waals surface area contributed by atoms with Crippen molar-refractivity contribution < 1.29 is 18.7 Å². The Labute approximate surface area is 100 Å². The summed E-state index contributed by atoms with van der Waals surface area (Å²) in [5.74, 6) is -0.589. The summed E-state index contributed by atoms with van der Waals surface area (Å²) >= 11 is 0. The number of hydrogen-bond acceptors (Lipinski definition) is 3. The molecule has 0 spiro atoms. The normalized spacial score (nSPS) is 19.4. The molecule has 0 saturated carbocycles. The maximum absolute atomic E-state index is 12.9. The van der Waals surface area contributed by atoms with Crippen LogP contribution in [0.15, 0.2) is 23.6 Å². The molecule has 0 bridgehead atoms. The van der Waals surface area contributed by atoms with Crippen LogP contribution >= 0.6 is 0 Å². The number of allylic oxidation sites excluding steroid dienone is 4. The molecule has 0 N–H and O–H groups in total. The van der Waals surface area contributed by atoms with Crippen molar-refractivity contribution in [1.82, 2.24) is 0 Å². The van der Waals surface area contributed by atoms with Gasteiger partial charge < -0.3 is 4.74 Å². The average Bonchev–Trinajstić information content (AvgIpc) is 2.28. The number of carbonyl (C=O) groups excluding carboxylic acids is 2. The first-order valence-corrected chi connectivity index (χ1v) is 5.71. The van der Waals surface area contributed by atoms with Crippen LogP contribution in [0, 0.1) is 5.92 Å². The van der Waals surface area contributed by atoms with Gasteiger partial charge >= 0.3 is 5.97 Å². The minimum absolute atomic E-state index is 0.00912. The van der Waals surface area contributed by atoms with Gasteiger partial charge in [-0.3, -0.25) is 9.59 Å². The number of hydrogen-bond donors (Lipinski definition) is 0. The van der Waals surface area contributed by atoms with E-state index in [1.165, 1.54) is 13.2 Å². The van der Waals surface area contributed by atoms with Crippen molar-refractivity contribution in [3.63, 3.8) is 0 Å². The predicted molar refractivity (Wildman–Crippen MR) is 61.9 cm³/mol. The Bertz CT molecular complexity index is 369. The molecule has 0 amide bonds. The Kier molecular flexibility index (Phi) is 5.07. The van der Waals surface area contributed by atoms with E-state index in [0.29, 0.717) is 18.4 Å². The standard InChI is InChI=1S/C13H17FO3/c1-9-8-10(14)6-7-11(9)12(15)4-3-5-13(16)17-2/h6-7,9H,3-5,8H2,1-2H3. The molecule has 17 heavy (non-hydrogen) atoms. The van der Waals surface area contributed by atoms with E-state index in [2.05, 4.69) is 4.74 Å². The quantitative estimate of drug-likeness (QED) is 0.694. The number of Topliss-reactive ketones (excluding diaryl/α,β-unsaturated/α-hetero) is 1. The molecule has 0 aromatic carbocycles. The van der Waals surface area contributed by atoms with E-state index in [1.807, 2.05) is 6.92 Å². The Morgan fingerprint density at radius 1 is 1.41 bits per heavy atom. The Hall–Kier alpha value is -1.45. The third-order valence-corrected chi connectivity index (χ3v) is 2.81. The molecule has 1 aliphatic rings. The predicted octanol–water partition coefficient (Wildman–Crippen LogP) is 2.72. The minimum atomic E-state index is -0.311. The molecular weight excluding hydrogens is 223 g/mol. The molecule has 4 heteroatoms. The van der Waals surface area contributed by atoms with Gasteiger partial charge in [0, 0.05) is 19.3 Å². The molecule has 0 aromatic heterocycles. The zero-order valence-electron chi connectivity index (χ0n) is 10.2. The maximum Gasteiger partial charge on any atom is 0.305 e. The van der Waals surface area contributed by atoms with Gasteiger partial charge in [0.2, 0.25) is 0 Å². The van der Waals surface area contributed by atoms with E-state index in [9.17, 15) is 14.0 Å². The molecule has 1 atom stereocenters. The molecule has 1 aliphatic carbocycles. The van der Waals surface area contributed by atoms with Crippen LogP contribution in [0.3, 0.4) is 0 Å². The first-order valence-electron chi connectivity index (χ1n) is 5.71. The fourth-order valence-electron chi connectivity index (χ4n) is 1.82. The summed E-state index contributed by atoms with van der Waals surface area (Å²) in [5.41, 5.74) is 0.649. The number of rotatable bonds is 5. The summed E-state index contributed by atoms with van der Waals surface area (Å²) < 4.78 is 17.4. The van der Waals surface area contributed by atoms with Crippen molar-refractivity contribution in [2.24, 2.45) is 5.92 Å². The zero-order valence-corrected chi connectivity index (χ0v) is 10.2. The van der Waals surface area contributed by atoms with Gasteiger partial charge in [-0.25, -0.2) is 4.39 Å². The van der Waals surface area contributed by atoms with Crippen molar-refractivity contribution >= 4 is 11.8 Å². The lowest BCUT2D eigenvalue weighted by atomic mass is 9.88. The van der Waals surface area contributed by atoms with Crippen molar-refractivity contribution in [2.75, 3.05) is 7.11 Å². The number of halogens is 1. The van der Waals surface area contributed by atoms with Gasteiger partial charge in [-0.15, -0.1) is 0 Å². The first kappa shape index (κ1) is 13.6. The van der Waals surface area contributed by atoms with Gasteiger partial charge in [0.15, 0.2) is 5.78 Å². The van der Waals surface area contributed by atoms with Gasteiger partial charge in [-0.2, -0.15) is 0 Å². The van der Waals surface area contributed by atoms with Gasteiger partial charge in [0.25, 0.3) is 0 Å². The summed E-state index contributed by atoms with van der Waals surface area (Å²) in [5, 5.41) is 0. The molecule has 1 unspecified atom stereocenters. The van der Waals surface area contributed by atoms with Gasteiger partial charge in [-0.05, 0) is 24.0 Å². The third kappa shape index (κ3) is 4.13. The third-order valence-electron chi connectivity index (χ3n) is 2.81. The second kappa shape index (κ2) is 6.33. The highest BCUT2D eigenvalue weighted by atomic mass is 19.1. The fraction of sp³-hybridized carbons (Fsp3) is 0.538. The number of ketones is 1. The molecule has 1 rings (SSSR count). The SMILES string of the molecule is COC(=O)CCCC(=O)C1=CC=C(F)CC1C. The second-order valence-corrected chi connectivity index (χ2v) is 4.19. The van der Waals surface area contributed by atoms with Crippen LogP contribution < -0.4 is 0 Å². The van der Waals surface area contributed by atoms with Crippen molar-refractivity contribution in [3.05, 3.63) is 23.6 Å². The molecule has 3 nitrogen and oxygen atoms in total. The minimum Gasteiger partial charge on any atom is -0.469 e. The Morgan fingerprint density at radius 2 is 2.12 bits per heavy atom. The summed E-state index contributed by atoms with van der Waals surface area (Å²) in [6.07, 6.45) is 4.20. The van der Waals surface area contributed by atoms with E-state index in [1.54, 1.807) is 6.08 Å². The van der Waals surface area contributed by atoms with Crippen LogP contribution in [-0.2, 0) is 14.3 Å². The highest BCUT2D eigenvalue weighted by Gasteiger charge is 2.20. The summed E-state index contributed by atoms with van der Waals surface area (Å²) in [6.45, 7) is 1.83. The van der Waals surface area contributed by atoms with Crippen LogP contribution in [0.4, 0.5) is 4.39 Å². The molecule has 0 saturated heterocycles. The average molecular weight is 240 g/mol. The van der Waals surface area contributed by atoms with E-state index in [4.69, 9.17) is 0 Å². The summed E-state index contributed by atoms with van der Waals surface area (Å²) in [6, 6.07) is 0. The van der Waals surface area contributed by atoms with Crippen molar-refractivity contribution in [3.8, 4) is 0 Å². The molecule has 94 valence electrons. The van der Waals surface area contributed by atoms with Crippen molar-refractivity contribution in [1.29, 1.82) is 0 Å². The van der Waals surface area contributed by atoms with E-state index < -0.39 is 0 Å². The lowest BCUT2D eigenvalue weighted by molar-refractivity contribution is -0.140. The summed E-state index contributed by atoms with van der Waals surface area (Å²) in [4.78, 5) is 22.7. The van der Waals surface area contributed by atoms with E-state index in [-0.39, 0.29) is 36.3 Å². The second-order valence-electron chi connectivity index (χ2n) is 4.19. The van der Waals surface area contributed by atoms with Crippen LogP contribution in [0.2, 0.25) is 0 Å². The number of ether oxygens (including phenoxy) is 1. The lowest BCUT2D eigenvalue weighted by Crippen LogP contribution is -2.13. The molecule has 0 aliphatic heterocycles. The number of methoxy groups -OCH3 is 1. The van der Waals surface area contributed by atoms with Crippen LogP contribution in [0.1, 0.15) is 32.6 Å². The van der Waals surface area contributed by atoms with Gasteiger partial charge in [0.05, 0.1) is 7.11 Å². The molecule has 0 fully saturated rings. The van der Waals surface area contributed by atoms with Crippen LogP contribution in [0.5, 0.6) is 0 Å². The van der Waals surface area contributed by atoms with Crippen LogP contribution in [0.25, 0.3) is 0 Å². The fourth-order valence-corrected chi connectivity index (χ4v) is 1.82. The Morgan fingerprint density at radius 3 is 2.71 bits per heavy atom. The highest BCUT2D eigenvalue weighted by molar-refractivity contribution is 5.96. The maximum atomic E-state index is 12.9. The van der Waals surface area contributed by atoms with E-state index in [0.717, 1.165) is 0 Å². The smallest absolute Gasteiger partial charge is 0.305 e. The van der Waals surface area contributed by atoms with Crippen molar-refractivity contribution in [2.45, 2.75) is 32.6 Å². The molecule has 0 heterocycles.